The molecule has 1 aromatic carbocycles. The van der Waals surface area contributed by atoms with Crippen LogP contribution < -0.4 is 10.6 Å². The van der Waals surface area contributed by atoms with E-state index in [9.17, 15) is 9.90 Å². The fourth-order valence-corrected chi connectivity index (χ4v) is 3.39. The van der Waals surface area contributed by atoms with Crippen molar-refractivity contribution in [3.63, 3.8) is 0 Å². The molecule has 0 aliphatic heterocycles. The van der Waals surface area contributed by atoms with Gasteiger partial charge in [0.15, 0.2) is 5.13 Å². The van der Waals surface area contributed by atoms with Gasteiger partial charge < -0.3 is 15.7 Å². The second kappa shape index (κ2) is 8.46. The molecule has 5 nitrogen and oxygen atoms in total. The largest absolute Gasteiger partial charge is 0.394 e. The van der Waals surface area contributed by atoms with Crippen molar-refractivity contribution >= 4 is 39.7 Å². The topological polar surface area (TPSA) is 74.2 Å². The molecule has 0 bridgehead atoms. The van der Waals surface area contributed by atoms with Gasteiger partial charge in [-0.1, -0.05) is 48.9 Å². The van der Waals surface area contributed by atoms with Gasteiger partial charge in [0.25, 0.3) is 5.91 Å². The number of rotatable bonds is 7. The highest BCUT2D eigenvalue weighted by atomic mass is 35.5. The zero-order chi connectivity index (χ0) is 17.7. The second-order valence-electron chi connectivity index (χ2n) is 6.07. The lowest BCUT2D eigenvalue weighted by molar-refractivity contribution is 0.103. The van der Waals surface area contributed by atoms with Crippen molar-refractivity contribution in [3.8, 4) is 0 Å². The minimum Gasteiger partial charge on any atom is -0.394 e. The molecule has 2 aromatic rings. The number of aliphatic hydroxyl groups is 1. The number of para-hydroxylation sites is 1. The maximum absolute atomic E-state index is 12.4. The molecule has 1 aromatic heterocycles. The molecule has 0 saturated heterocycles. The Labute approximate surface area is 151 Å². The number of thiazole rings is 1. The summed E-state index contributed by atoms with van der Waals surface area (Å²) in [6.07, 6.45) is 2.36. The number of carbonyl (C=O) groups excluding carboxylic acids is 1. The van der Waals surface area contributed by atoms with E-state index in [1.54, 1.807) is 6.07 Å². The first-order valence-corrected chi connectivity index (χ1v) is 8.99. The lowest BCUT2D eigenvalue weighted by Gasteiger charge is -2.17. The standard InChI is InChI=1S/C17H22ClN3O2S/c1-10(2)7-12(9-22)20-17-19-8-14(24-17)16(23)21-15-11(3)5-4-6-13(15)18/h4-6,8,10,12,22H,7,9H2,1-3H3,(H,19,20)(H,21,23)/t12-/m1/s1. The summed E-state index contributed by atoms with van der Waals surface area (Å²) in [6, 6.07) is 5.39. The van der Waals surface area contributed by atoms with Gasteiger partial charge in [-0.25, -0.2) is 4.98 Å². The third kappa shape index (κ3) is 4.93. The van der Waals surface area contributed by atoms with Crippen LogP contribution in [0.2, 0.25) is 5.02 Å². The van der Waals surface area contributed by atoms with E-state index in [0.29, 0.717) is 26.6 Å². The second-order valence-corrected chi connectivity index (χ2v) is 7.51. The Kier molecular flexibility index (Phi) is 6.60. The van der Waals surface area contributed by atoms with Gasteiger partial charge in [-0.05, 0) is 30.9 Å². The Morgan fingerprint density at radius 1 is 1.42 bits per heavy atom. The van der Waals surface area contributed by atoms with Crippen LogP contribution in [0.15, 0.2) is 24.4 Å². The molecule has 1 atom stereocenters. The van der Waals surface area contributed by atoms with Gasteiger partial charge in [-0.2, -0.15) is 0 Å². The van der Waals surface area contributed by atoms with E-state index < -0.39 is 0 Å². The maximum Gasteiger partial charge on any atom is 0.267 e. The number of hydrogen-bond donors (Lipinski definition) is 3. The number of nitrogens with zero attached hydrogens (tertiary/aromatic N) is 1. The molecular formula is C17H22ClN3O2S. The summed E-state index contributed by atoms with van der Waals surface area (Å²) >= 11 is 7.39. The molecule has 7 heteroatoms. The van der Waals surface area contributed by atoms with Crippen LogP contribution in [-0.4, -0.2) is 28.6 Å². The average molecular weight is 368 g/mol. The van der Waals surface area contributed by atoms with Gasteiger partial charge in [0.05, 0.1) is 29.6 Å². The predicted molar refractivity (Wildman–Crippen MR) is 100 cm³/mol. The minimum atomic E-state index is -0.249. The molecular weight excluding hydrogens is 346 g/mol. The first-order valence-electron chi connectivity index (χ1n) is 7.80. The Balaban J connectivity index is 2.05. The molecule has 130 valence electrons. The number of carbonyl (C=O) groups is 1. The van der Waals surface area contributed by atoms with Crippen molar-refractivity contribution in [2.24, 2.45) is 5.92 Å². The molecule has 1 heterocycles. The van der Waals surface area contributed by atoms with Crippen LogP contribution in [-0.2, 0) is 0 Å². The number of aryl methyl sites for hydroxylation is 1. The Hall–Kier alpha value is -1.63. The van der Waals surface area contributed by atoms with Gasteiger partial charge >= 0.3 is 0 Å². The number of anilines is 2. The first-order chi connectivity index (χ1) is 11.4. The van der Waals surface area contributed by atoms with Crippen LogP contribution in [0.5, 0.6) is 0 Å². The van der Waals surface area contributed by atoms with Gasteiger partial charge in [0.1, 0.15) is 4.88 Å². The number of aromatic nitrogens is 1. The summed E-state index contributed by atoms with van der Waals surface area (Å²) in [5.41, 5.74) is 1.51. The lowest BCUT2D eigenvalue weighted by atomic mass is 10.1. The fraction of sp³-hybridized carbons (Fsp3) is 0.412. The van der Waals surface area contributed by atoms with Crippen molar-refractivity contribution in [2.75, 3.05) is 17.2 Å². The summed E-state index contributed by atoms with van der Waals surface area (Å²) in [4.78, 5) is 17.1. The van der Waals surface area contributed by atoms with Gasteiger partial charge in [-0.3, -0.25) is 4.79 Å². The minimum absolute atomic E-state index is 0.0259. The summed E-state index contributed by atoms with van der Waals surface area (Å²) < 4.78 is 0. The lowest BCUT2D eigenvalue weighted by Crippen LogP contribution is -2.25. The maximum atomic E-state index is 12.4. The molecule has 0 aliphatic rings. The number of benzene rings is 1. The Morgan fingerprint density at radius 3 is 2.79 bits per heavy atom. The van der Waals surface area contributed by atoms with Gasteiger partial charge in [0.2, 0.25) is 0 Å². The summed E-state index contributed by atoms with van der Waals surface area (Å²) in [7, 11) is 0. The monoisotopic (exact) mass is 367 g/mol. The van der Waals surface area contributed by atoms with Crippen LogP contribution in [0.3, 0.4) is 0 Å². The Morgan fingerprint density at radius 2 is 2.17 bits per heavy atom. The molecule has 0 radical (unpaired) electrons. The van der Waals surface area contributed by atoms with Crippen LogP contribution >= 0.6 is 22.9 Å². The average Bonchev–Trinajstić information content (AvgIpc) is 2.98. The van der Waals surface area contributed by atoms with E-state index in [4.69, 9.17) is 11.6 Å². The molecule has 24 heavy (non-hydrogen) atoms. The molecule has 1 amide bonds. The van der Waals surface area contributed by atoms with E-state index in [-0.39, 0.29) is 18.6 Å². The Bertz CT molecular complexity index is 683. The number of amides is 1. The molecule has 0 aliphatic carbocycles. The molecule has 0 spiro atoms. The van der Waals surface area contributed by atoms with Crippen LogP contribution in [0.1, 0.15) is 35.5 Å². The first kappa shape index (κ1) is 18.7. The van der Waals surface area contributed by atoms with Crippen LogP contribution in [0.4, 0.5) is 10.8 Å². The molecule has 0 saturated carbocycles. The molecule has 2 rings (SSSR count). The number of hydrogen-bond acceptors (Lipinski definition) is 5. The van der Waals surface area contributed by atoms with Crippen molar-refractivity contribution in [1.82, 2.24) is 4.98 Å². The SMILES string of the molecule is Cc1cccc(Cl)c1NC(=O)c1cnc(N[C@@H](CO)CC(C)C)s1. The number of halogens is 1. The predicted octanol–water partition coefficient (Wildman–Crippen LogP) is 4.18. The van der Waals surface area contributed by atoms with E-state index in [1.165, 1.54) is 17.5 Å². The quantitative estimate of drug-likeness (QED) is 0.686. The molecule has 0 fully saturated rings. The van der Waals surface area contributed by atoms with Gasteiger partial charge in [-0.15, -0.1) is 0 Å². The highest BCUT2D eigenvalue weighted by Crippen LogP contribution is 2.27. The van der Waals surface area contributed by atoms with E-state index >= 15 is 0 Å². The van der Waals surface area contributed by atoms with Crippen LogP contribution in [0.25, 0.3) is 0 Å². The summed E-state index contributed by atoms with van der Waals surface area (Å²) in [6.45, 7) is 6.10. The fourth-order valence-electron chi connectivity index (χ4n) is 2.33. The van der Waals surface area contributed by atoms with E-state index in [2.05, 4.69) is 29.5 Å². The summed E-state index contributed by atoms with van der Waals surface area (Å²) in [5, 5.41) is 16.6. The van der Waals surface area contributed by atoms with Crippen molar-refractivity contribution < 1.29 is 9.90 Å². The summed E-state index contributed by atoms with van der Waals surface area (Å²) in [5.74, 6) is 0.210. The smallest absolute Gasteiger partial charge is 0.267 e. The number of aliphatic hydroxyl groups excluding tert-OH is 1. The molecule has 3 N–H and O–H groups in total. The van der Waals surface area contributed by atoms with Crippen molar-refractivity contribution in [1.29, 1.82) is 0 Å². The number of nitrogens with one attached hydrogen (secondary N) is 2. The van der Waals surface area contributed by atoms with E-state index in [1.807, 2.05) is 19.1 Å². The van der Waals surface area contributed by atoms with E-state index in [0.717, 1.165) is 12.0 Å². The third-order valence-electron chi connectivity index (χ3n) is 3.49. The normalized spacial score (nSPS) is 12.2. The zero-order valence-electron chi connectivity index (χ0n) is 14.0. The van der Waals surface area contributed by atoms with Crippen LogP contribution in [0, 0.1) is 12.8 Å². The highest BCUT2D eigenvalue weighted by molar-refractivity contribution is 7.17. The molecule has 0 unspecified atom stereocenters. The third-order valence-corrected chi connectivity index (χ3v) is 4.74. The van der Waals surface area contributed by atoms with Gasteiger partial charge in [0, 0.05) is 0 Å². The zero-order valence-corrected chi connectivity index (χ0v) is 15.5. The van der Waals surface area contributed by atoms with Crippen molar-refractivity contribution in [2.45, 2.75) is 33.2 Å². The van der Waals surface area contributed by atoms with Crippen molar-refractivity contribution in [3.05, 3.63) is 39.9 Å². The highest BCUT2D eigenvalue weighted by Gasteiger charge is 2.16.